The highest BCUT2D eigenvalue weighted by Crippen LogP contribution is 2.34. The van der Waals surface area contributed by atoms with Crippen molar-refractivity contribution in [2.75, 3.05) is 32.1 Å². The highest BCUT2D eigenvalue weighted by molar-refractivity contribution is 6.30. The largest absolute Gasteiger partial charge is 0.361 e. The molecule has 5 nitrogen and oxygen atoms in total. The lowest BCUT2D eigenvalue weighted by Gasteiger charge is -2.38. The summed E-state index contributed by atoms with van der Waals surface area (Å²) in [6.07, 6.45) is 2.88. The van der Waals surface area contributed by atoms with Crippen LogP contribution in [0.3, 0.4) is 0 Å². The summed E-state index contributed by atoms with van der Waals surface area (Å²) in [5.74, 6) is 0.184. The fourth-order valence-electron chi connectivity index (χ4n) is 4.62. The molecule has 0 saturated carbocycles. The van der Waals surface area contributed by atoms with Gasteiger partial charge in [-0.05, 0) is 61.8 Å². The second-order valence-corrected chi connectivity index (χ2v) is 9.09. The van der Waals surface area contributed by atoms with Crippen molar-refractivity contribution in [2.45, 2.75) is 25.3 Å². The Morgan fingerprint density at radius 3 is 2.83 bits per heavy atom. The number of nitrogens with two attached hydrogens (primary N) is 1. The Labute approximate surface area is 182 Å². The zero-order chi connectivity index (χ0) is 21.4. The van der Waals surface area contributed by atoms with Crippen molar-refractivity contribution >= 4 is 34.1 Å². The number of H-pyrrole nitrogens is 1. The molecule has 2 heterocycles. The SMILES string of the molecule is C[C@H](c1c[nH]c2ccccc12)[C@H](N)C(=O)N1C[C@@H](CN(C)C)Cc2cc(Cl)ccc21. The number of benzene rings is 2. The Hall–Kier alpha value is -2.34. The number of aromatic amines is 1. The van der Waals surface area contributed by atoms with Gasteiger partial charge in [0.05, 0.1) is 6.04 Å². The Morgan fingerprint density at radius 1 is 1.30 bits per heavy atom. The van der Waals surface area contributed by atoms with Crippen LogP contribution >= 0.6 is 11.6 Å². The van der Waals surface area contributed by atoms with Gasteiger partial charge in [-0.3, -0.25) is 4.79 Å². The van der Waals surface area contributed by atoms with E-state index in [4.69, 9.17) is 17.3 Å². The number of halogens is 1. The van der Waals surface area contributed by atoms with Crippen LogP contribution in [-0.4, -0.2) is 49.0 Å². The molecule has 1 aliphatic rings. The van der Waals surface area contributed by atoms with Crippen LogP contribution in [0, 0.1) is 5.92 Å². The van der Waals surface area contributed by atoms with E-state index in [1.165, 1.54) is 0 Å². The van der Waals surface area contributed by atoms with Gasteiger partial charge < -0.3 is 20.5 Å². The maximum atomic E-state index is 13.6. The number of amides is 1. The first-order valence-electron chi connectivity index (χ1n) is 10.4. The molecule has 3 N–H and O–H groups in total. The van der Waals surface area contributed by atoms with E-state index in [0.29, 0.717) is 17.5 Å². The fraction of sp³-hybridized carbons (Fsp3) is 0.375. The number of carbonyl (C=O) groups is 1. The maximum absolute atomic E-state index is 13.6. The zero-order valence-corrected chi connectivity index (χ0v) is 18.5. The summed E-state index contributed by atoms with van der Waals surface area (Å²) in [5.41, 5.74) is 10.7. The van der Waals surface area contributed by atoms with Crippen LogP contribution in [0.1, 0.15) is 24.0 Å². The van der Waals surface area contributed by atoms with Gasteiger partial charge in [0.1, 0.15) is 0 Å². The van der Waals surface area contributed by atoms with Gasteiger partial charge in [0.25, 0.3) is 0 Å². The molecule has 0 radical (unpaired) electrons. The molecule has 0 saturated heterocycles. The van der Waals surface area contributed by atoms with Gasteiger partial charge in [-0.2, -0.15) is 0 Å². The van der Waals surface area contributed by atoms with Gasteiger partial charge in [-0.25, -0.2) is 0 Å². The van der Waals surface area contributed by atoms with Gasteiger partial charge in [0, 0.05) is 46.8 Å². The Balaban J connectivity index is 1.63. The predicted octanol–water partition coefficient (Wildman–Crippen LogP) is 4.02. The maximum Gasteiger partial charge on any atom is 0.244 e. The molecule has 0 aliphatic carbocycles. The molecule has 0 fully saturated rings. The molecule has 3 atom stereocenters. The minimum Gasteiger partial charge on any atom is -0.361 e. The van der Waals surface area contributed by atoms with Crippen molar-refractivity contribution < 1.29 is 4.79 Å². The van der Waals surface area contributed by atoms with Crippen LogP contribution < -0.4 is 10.6 Å². The van der Waals surface area contributed by atoms with Gasteiger partial charge >= 0.3 is 0 Å². The lowest BCUT2D eigenvalue weighted by atomic mass is 9.89. The fourth-order valence-corrected chi connectivity index (χ4v) is 4.81. The molecule has 1 amide bonds. The third kappa shape index (κ3) is 3.97. The molecular formula is C24H29ClN4O. The summed E-state index contributed by atoms with van der Waals surface area (Å²) in [6, 6.07) is 13.3. The zero-order valence-electron chi connectivity index (χ0n) is 17.7. The second kappa shape index (κ2) is 8.42. The molecule has 1 aromatic heterocycles. The van der Waals surface area contributed by atoms with Crippen molar-refractivity contribution in [3.63, 3.8) is 0 Å². The van der Waals surface area contributed by atoms with Crippen molar-refractivity contribution in [3.8, 4) is 0 Å². The number of rotatable bonds is 5. The van der Waals surface area contributed by atoms with Crippen LogP contribution in [0.25, 0.3) is 10.9 Å². The number of nitrogens with one attached hydrogen (secondary N) is 1. The van der Waals surface area contributed by atoms with E-state index >= 15 is 0 Å². The highest BCUT2D eigenvalue weighted by Gasteiger charge is 2.34. The molecule has 0 spiro atoms. The van der Waals surface area contributed by atoms with Crippen LogP contribution in [0.15, 0.2) is 48.7 Å². The van der Waals surface area contributed by atoms with Gasteiger partial charge in [-0.1, -0.05) is 36.7 Å². The molecule has 0 bridgehead atoms. The number of para-hydroxylation sites is 1. The van der Waals surface area contributed by atoms with Crippen LogP contribution in [-0.2, 0) is 11.2 Å². The molecule has 4 rings (SSSR count). The van der Waals surface area contributed by atoms with Crippen LogP contribution in [0.5, 0.6) is 0 Å². The van der Waals surface area contributed by atoms with E-state index < -0.39 is 6.04 Å². The average molecular weight is 425 g/mol. The molecule has 6 heteroatoms. The van der Waals surface area contributed by atoms with Gasteiger partial charge in [-0.15, -0.1) is 0 Å². The standard InChI is InChI=1S/C24H29ClN4O/c1-15(20-12-27-21-7-5-4-6-19(20)21)23(26)24(30)29-14-16(13-28(2)3)10-17-11-18(25)8-9-22(17)29/h4-9,11-12,15-16,23,27H,10,13-14,26H2,1-3H3/t15-,16-,23+/m1/s1. The minimum absolute atomic E-state index is 0.0418. The molecule has 158 valence electrons. The first-order chi connectivity index (χ1) is 14.3. The van der Waals surface area contributed by atoms with Gasteiger partial charge in [0.2, 0.25) is 5.91 Å². The van der Waals surface area contributed by atoms with Crippen molar-refractivity contribution in [1.82, 2.24) is 9.88 Å². The first kappa shape index (κ1) is 20.9. The number of hydrogen-bond donors (Lipinski definition) is 2. The van der Waals surface area contributed by atoms with E-state index in [9.17, 15) is 4.79 Å². The molecule has 0 unspecified atom stereocenters. The van der Waals surface area contributed by atoms with E-state index in [-0.39, 0.29) is 11.8 Å². The van der Waals surface area contributed by atoms with Crippen molar-refractivity contribution in [2.24, 2.45) is 11.7 Å². The lowest BCUT2D eigenvalue weighted by Crippen LogP contribution is -2.51. The summed E-state index contributed by atoms with van der Waals surface area (Å²) in [6.45, 7) is 3.60. The molecule has 3 aromatic rings. The van der Waals surface area contributed by atoms with Crippen molar-refractivity contribution in [3.05, 3.63) is 64.8 Å². The lowest BCUT2D eigenvalue weighted by molar-refractivity contribution is -0.120. The van der Waals surface area contributed by atoms with Crippen LogP contribution in [0.2, 0.25) is 5.02 Å². The summed E-state index contributed by atoms with van der Waals surface area (Å²) < 4.78 is 0. The predicted molar refractivity (Wildman–Crippen MR) is 124 cm³/mol. The third-order valence-electron chi connectivity index (χ3n) is 6.11. The summed E-state index contributed by atoms with van der Waals surface area (Å²) in [5, 5.41) is 1.81. The van der Waals surface area contributed by atoms with Gasteiger partial charge in [0.15, 0.2) is 0 Å². The third-order valence-corrected chi connectivity index (χ3v) is 6.34. The summed E-state index contributed by atoms with van der Waals surface area (Å²) in [4.78, 5) is 20.9. The van der Waals surface area contributed by atoms with E-state index in [0.717, 1.165) is 40.7 Å². The number of carbonyl (C=O) groups excluding carboxylic acids is 1. The smallest absolute Gasteiger partial charge is 0.244 e. The first-order valence-corrected chi connectivity index (χ1v) is 10.8. The Kier molecular flexibility index (Phi) is 5.87. The number of hydrogen-bond acceptors (Lipinski definition) is 3. The quantitative estimate of drug-likeness (QED) is 0.650. The van der Waals surface area contributed by atoms with E-state index in [1.807, 2.05) is 54.4 Å². The van der Waals surface area contributed by atoms with E-state index in [2.05, 4.69) is 30.0 Å². The average Bonchev–Trinajstić information content (AvgIpc) is 3.15. The Bertz CT molecular complexity index is 1060. The number of anilines is 1. The van der Waals surface area contributed by atoms with Crippen molar-refractivity contribution in [1.29, 1.82) is 0 Å². The summed E-state index contributed by atoms with van der Waals surface area (Å²) in [7, 11) is 4.12. The van der Waals surface area contributed by atoms with Crippen LogP contribution in [0.4, 0.5) is 5.69 Å². The molecule has 1 aliphatic heterocycles. The second-order valence-electron chi connectivity index (χ2n) is 8.66. The normalized spacial score (nSPS) is 18.5. The molecular weight excluding hydrogens is 396 g/mol. The number of aromatic nitrogens is 1. The molecule has 2 aromatic carbocycles. The highest BCUT2D eigenvalue weighted by atomic mass is 35.5. The van der Waals surface area contributed by atoms with E-state index in [1.54, 1.807) is 0 Å². The topological polar surface area (TPSA) is 65.4 Å². The number of nitrogens with zero attached hydrogens (tertiary/aromatic N) is 2. The minimum atomic E-state index is -0.633. The number of fused-ring (bicyclic) bond motifs is 2. The Morgan fingerprint density at radius 2 is 2.07 bits per heavy atom. The molecule has 30 heavy (non-hydrogen) atoms. The monoisotopic (exact) mass is 424 g/mol. The summed E-state index contributed by atoms with van der Waals surface area (Å²) >= 11 is 6.25.